The van der Waals surface area contributed by atoms with E-state index < -0.39 is 12.3 Å². The van der Waals surface area contributed by atoms with Crippen LogP contribution in [0.25, 0.3) is 0 Å². The van der Waals surface area contributed by atoms with Gasteiger partial charge < -0.3 is 18.9 Å². The Kier molecular flexibility index (Phi) is 13.8. The van der Waals surface area contributed by atoms with E-state index in [0.29, 0.717) is 18.0 Å². The molecule has 0 aliphatic heterocycles. The van der Waals surface area contributed by atoms with Crippen LogP contribution in [0.2, 0.25) is 0 Å². The van der Waals surface area contributed by atoms with Gasteiger partial charge in [0.15, 0.2) is 0 Å². The lowest BCUT2D eigenvalue weighted by molar-refractivity contribution is -0.907. The van der Waals surface area contributed by atoms with Gasteiger partial charge in [-0.25, -0.2) is 9.59 Å². The van der Waals surface area contributed by atoms with Gasteiger partial charge in [-0.05, 0) is 45.9 Å². The maximum Gasteiger partial charge on any atom is 0.518 e. The molecule has 0 bridgehead atoms. The highest BCUT2D eigenvalue weighted by molar-refractivity contribution is 14.0. The van der Waals surface area contributed by atoms with E-state index in [4.69, 9.17) is 18.9 Å². The Morgan fingerprint density at radius 1 is 0.641 bits per heavy atom. The number of carbonyl (C=O) groups excluding carboxylic acids is 2. The SMILES string of the molecule is CC(C)c1cccc(C(C)C)c1OC(=O)OCC[N+](C)(C)COC(=O)Oc1c(C(C)C)cccc1C(C)C.I. The van der Waals surface area contributed by atoms with Crippen molar-refractivity contribution in [1.82, 2.24) is 0 Å². The first-order chi connectivity index (χ1) is 17.7. The second-order valence-corrected chi connectivity index (χ2v) is 11.6. The Bertz CT molecular complexity index is 1040. The minimum absolute atomic E-state index is 0. The number of rotatable bonds is 11. The molecule has 0 radical (unpaired) electrons. The van der Waals surface area contributed by atoms with Crippen molar-refractivity contribution >= 4 is 36.3 Å². The first-order valence-electron chi connectivity index (χ1n) is 13.5. The van der Waals surface area contributed by atoms with Crippen molar-refractivity contribution in [3.05, 3.63) is 58.7 Å². The maximum atomic E-state index is 12.6. The number of hydrogen-bond acceptors (Lipinski definition) is 6. The molecule has 0 aliphatic rings. The largest absolute Gasteiger partial charge is 0.518 e. The van der Waals surface area contributed by atoms with Gasteiger partial charge in [-0.15, -0.1) is 24.0 Å². The molecule has 0 amide bonds. The smallest absolute Gasteiger partial charge is 0.428 e. The Hall–Kier alpha value is -2.33. The molecule has 2 aromatic rings. The molecule has 0 aromatic heterocycles. The van der Waals surface area contributed by atoms with Crippen LogP contribution in [-0.2, 0) is 9.47 Å². The van der Waals surface area contributed by atoms with Gasteiger partial charge in [-0.3, -0.25) is 4.48 Å². The van der Waals surface area contributed by atoms with Crippen LogP contribution in [0.1, 0.15) is 101 Å². The molecule has 0 N–H and O–H groups in total. The van der Waals surface area contributed by atoms with Crippen molar-refractivity contribution in [3.63, 3.8) is 0 Å². The monoisotopic (exact) mass is 656 g/mol. The first kappa shape index (κ1) is 34.7. The predicted molar refractivity (Wildman–Crippen MR) is 166 cm³/mol. The molecule has 0 saturated heterocycles. The summed E-state index contributed by atoms with van der Waals surface area (Å²) in [6.07, 6.45) is -1.50. The third-order valence-electron chi connectivity index (χ3n) is 6.46. The first-order valence-corrected chi connectivity index (χ1v) is 13.5. The Morgan fingerprint density at radius 3 is 1.31 bits per heavy atom. The average Bonchev–Trinajstić information content (AvgIpc) is 2.82. The number of para-hydroxylation sites is 2. The molecule has 0 spiro atoms. The molecule has 2 aromatic carbocycles. The third kappa shape index (κ3) is 10.3. The lowest BCUT2D eigenvalue weighted by Gasteiger charge is -2.28. The van der Waals surface area contributed by atoms with Crippen LogP contribution in [0, 0.1) is 0 Å². The van der Waals surface area contributed by atoms with Gasteiger partial charge >= 0.3 is 12.3 Å². The zero-order valence-corrected chi connectivity index (χ0v) is 27.5. The molecule has 0 unspecified atom stereocenters. The quantitative estimate of drug-likeness (QED) is 0.0794. The van der Waals surface area contributed by atoms with Crippen molar-refractivity contribution in [1.29, 1.82) is 0 Å². The number of halogens is 1. The van der Waals surface area contributed by atoms with Crippen LogP contribution >= 0.6 is 24.0 Å². The standard InChI is InChI=1S/C31H46NO6.HI/c1-20(2)24-13-11-14-25(21(3)4)28(24)37-30(33)35-18-17-32(9,10)19-36-31(34)38-29-26(22(5)6)15-12-16-27(29)23(7)8;/h11-16,20-23H,17-19H2,1-10H3;1H/q+1;. The lowest BCUT2D eigenvalue weighted by Crippen LogP contribution is -2.45. The molecule has 218 valence electrons. The topological polar surface area (TPSA) is 71.1 Å². The van der Waals surface area contributed by atoms with E-state index in [0.717, 1.165) is 22.3 Å². The summed E-state index contributed by atoms with van der Waals surface area (Å²) < 4.78 is 22.5. The molecule has 39 heavy (non-hydrogen) atoms. The molecule has 0 saturated carbocycles. The van der Waals surface area contributed by atoms with E-state index >= 15 is 0 Å². The molecule has 0 atom stereocenters. The van der Waals surface area contributed by atoms with Crippen molar-refractivity contribution in [2.24, 2.45) is 0 Å². The van der Waals surface area contributed by atoms with E-state index in [1.54, 1.807) is 0 Å². The Balaban J connectivity index is 0.00000760. The third-order valence-corrected chi connectivity index (χ3v) is 6.46. The van der Waals surface area contributed by atoms with E-state index in [2.05, 4.69) is 55.4 Å². The zero-order valence-electron chi connectivity index (χ0n) is 25.2. The fourth-order valence-electron chi connectivity index (χ4n) is 4.09. The summed E-state index contributed by atoms with van der Waals surface area (Å²) in [5.41, 5.74) is 3.87. The second kappa shape index (κ2) is 15.5. The van der Waals surface area contributed by atoms with E-state index in [9.17, 15) is 9.59 Å². The molecule has 8 heteroatoms. The van der Waals surface area contributed by atoms with Crippen molar-refractivity contribution in [2.45, 2.75) is 79.1 Å². The Labute approximate surface area is 251 Å². The molecule has 0 fully saturated rings. The van der Waals surface area contributed by atoms with Crippen molar-refractivity contribution in [2.75, 3.05) is 34.0 Å². The van der Waals surface area contributed by atoms with Gasteiger partial charge in [0.25, 0.3) is 0 Å². The summed E-state index contributed by atoms with van der Waals surface area (Å²) in [5, 5.41) is 0. The number of hydrogen-bond donors (Lipinski definition) is 0. The summed E-state index contributed by atoms with van der Waals surface area (Å²) in [6, 6.07) is 11.9. The van der Waals surface area contributed by atoms with Crippen LogP contribution in [0.5, 0.6) is 11.5 Å². The van der Waals surface area contributed by atoms with Gasteiger partial charge in [0, 0.05) is 0 Å². The molecule has 7 nitrogen and oxygen atoms in total. The van der Waals surface area contributed by atoms with Gasteiger partial charge in [0.05, 0.1) is 14.1 Å². The predicted octanol–water partition coefficient (Wildman–Crippen LogP) is 8.56. The van der Waals surface area contributed by atoms with Gasteiger partial charge in [0.1, 0.15) is 24.7 Å². The van der Waals surface area contributed by atoms with E-state index in [1.807, 2.05) is 50.5 Å². The fraction of sp³-hybridized carbons (Fsp3) is 0.548. The fourth-order valence-corrected chi connectivity index (χ4v) is 4.09. The number of nitrogens with zero attached hydrogens (tertiary/aromatic N) is 1. The van der Waals surface area contributed by atoms with Crippen LogP contribution in [-0.4, -0.2) is 50.8 Å². The van der Waals surface area contributed by atoms with E-state index in [-0.39, 0.29) is 65.5 Å². The maximum absolute atomic E-state index is 12.6. The molecular formula is C31H47INO6+. The summed E-state index contributed by atoms with van der Waals surface area (Å²) in [7, 11) is 3.77. The van der Waals surface area contributed by atoms with Crippen LogP contribution in [0.4, 0.5) is 9.59 Å². The summed E-state index contributed by atoms with van der Waals surface area (Å²) >= 11 is 0. The summed E-state index contributed by atoms with van der Waals surface area (Å²) in [4.78, 5) is 25.1. The van der Waals surface area contributed by atoms with Crippen molar-refractivity contribution < 1.29 is 33.0 Å². The van der Waals surface area contributed by atoms with Gasteiger partial charge in [0.2, 0.25) is 6.73 Å². The minimum Gasteiger partial charge on any atom is -0.428 e. The normalized spacial score (nSPS) is 11.5. The second-order valence-electron chi connectivity index (χ2n) is 11.6. The molecule has 2 rings (SSSR count). The summed E-state index contributed by atoms with van der Waals surface area (Å²) in [6.45, 7) is 17.1. The van der Waals surface area contributed by atoms with Crippen LogP contribution < -0.4 is 9.47 Å². The average molecular weight is 657 g/mol. The van der Waals surface area contributed by atoms with Crippen LogP contribution in [0.15, 0.2) is 36.4 Å². The Morgan fingerprint density at radius 2 is 0.974 bits per heavy atom. The zero-order chi connectivity index (χ0) is 28.6. The highest BCUT2D eigenvalue weighted by Gasteiger charge is 2.24. The molecule has 0 heterocycles. The van der Waals surface area contributed by atoms with Gasteiger partial charge in [-0.1, -0.05) is 91.8 Å². The van der Waals surface area contributed by atoms with Gasteiger partial charge in [-0.2, -0.15) is 0 Å². The number of likely N-dealkylation sites (N-methyl/N-ethyl adjacent to an activating group) is 1. The lowest BCUT2D eigenvalue weighted by atomic mass is 9.94. The highest BCUT2D eigenvalue weighted by atomic mass is 127. The molecular weight excluding hydrogens is 609 g/mol. The number of benzene rings is 2. The van der Waals surface area contributed by atoms with E-state index in [1.165, 1.54) is 0 Å². The summed E-state index contributed by atoms with van der Waals surface area (Å²) in [5.74, 6) is 1.95. The number of ether oxygens (including phenoxy) is 4. The minimum atomic E-state index is -0.752. The highest BCUT2D eigenvalue weighted by Crippen LogP contribution is 2.36. The van der Waals surface area contributed by atoms with Crippen molar-refractivity contribution in [3.8, 4) is 11.5 Å². The van der Waals surface area contributed by atoms with Crippen LogP contribution in [0.3, 0.4) is 0 Å². The molecule has 0 aliphatic carbocycles. The number of quaternary nitrogens is 1. The number of carbonyl (C=O) groups is 2.